The number of esters is 1. The van der Waals surface area contributed by atoms with Crippen molar-refractivity contribution in [2.45, 2.75) is 18.2 Å². The first kappa shape index (κ1) is 12.0. The molecule has 1 rings (SSSR count). The lowest BCUT2D eigenvalue weighted by molar-refractivity contribution is -0.136. The van der Waals surface area contributed by atoms with Gasteiger partial charge < -0.3 is 4.74 Å². The van der Waals surface area contributed by atoms with Gasteiger partial charge in [0, 0.05) is 20.8 Å². The van der Waals surface area contributed by atoms with E-state index < -0.39 is 0 Å². The Morgan fingerprint density at radius 2 is 2.36 bits per heavy atom. The third-order valence-electron chi connectivity index (χ3n) is 2.24. The second-order valence-corrected chi connectivity index (χ2v) is 5.56. The van der Waals surface area contributed by atoms with Crippen LogP contribution in [0.3, 0.4) is 0 Å². The summed E-state index contributed by atoms with van der Waals surface area (Å²) >= 11 is 6.86. The molecule has 0 bridgehead atoms. The summed E-state index contributed by atoms with van der Waals surface area (Å²) in [5, 5.41) is 0. The van der Waals surface area contributed by atoms with Gasteiger partial charge >= 0.3 is 5.97 Å². The number of methoxy groups -OCH3 is 1. The number of carbonyl (C=O) groups excluding carboxylic acids is 1. The third kappa shape index (κ3) is 2.70. The van der Waals surface area contributed by atoms with E-state index in [2.05, 4.69) is 37.9 Å². The van der Waals surface area contributed by atoms with Gasteiger partial charge in [-0.2, -0.15) is 0 Å². The van der Waals surface area contributed by atoms with Crippen LogP contribution in [-0.4, -0.2) is 17.9 Å². The number of rotatable bonds is 2. The smallest absolute Gasteiger partial charge is 0.334 e. The Hall–Kier alpha value is -0.0900. The molecule has 1 aliphatic carbocycles. The first-order valence-electron chi connectivity index (χ1n) is 4.36. The maximum absolute atomic E-state index is 11.5. The van der Waals surface area contributed by atoms with Crippen molar-refractivity contribution in [1.29, 1.82) is 0 Å². The molecule has 0 saturated carbocycles. The van der Waals surface area contributed by atoms with Gasteiger partial charge in [0.1, 0.15) is 0 Å². The molecular formula is C10H12Br2O2. The topological polar surface area (TPSA) is 26.3 Å². The van der Waals surface area contributed by atoms with Crippen molar-refractivity contribution >= 4 is 37.8 Å². The monoisotopic (exact) mass is 322 g/mol. The molecule has 0 spiro atoms. The minimum atomic E-state index is -0.244. The van der Waals surface area contributed by atoms with E-state index in [0.717, 1.165) is 16.5 Å². The molecule has 0 aromatic rings. The summed E-state index contributed by atoms with van der Waals surface area (Å²) in [5.41, 5.74) is 0.728. The summed E-state index contributed by atoms with van der Waals surface area (Å²) in [7, 11) is 1.41. The van der Waals surface area contributed by atoms with Crippen molar-refractivity contribution in [1.82, 2.24) is 0 Å². The highest BCUT2D eigenvalue weighted by molar-refractivity contribution is 9.11. The van der Waals surface area contributed by atoms with Crippen molar-refractivity contribution in [3.05, 3.63) is 22.2 Å². The summed E-state index contributed by atoms with van der Waals surface area (Å²) in [6.07, 6.45) is 4.75. The van der Waals surface area contributed by atoms with E-state index in [9.17, 15) is 4.79 Å². The Bertz CT molecular complexity index is 292. The molecule has 14 heavy (non-hydrogen) atoms. The molecule has 2 unspecified atom stereocenters. The zero-order chi connectivity index (χ0) is 10.7. The number of hydrogen-bond donors (Lipinski definition) is 0. The predicted molar refractivity (Wildman–Crippen MR) is 63.6 cm³/mol. The standard InChI is InChI=1S/C10H12Br2O2/c1-6(11)8-4-3-7(12)5-9(8)10(13)14-2/h3,5-6,8H,4H2,1-2H3. The molecule has 2 nitrogen and oxygen atoms in total. The van der Waals surface area contributed by atoms with Crippen molar-refractivity contribution in [2.24, 2.45) is 5.92 Å². The number of alkyl halides is 1. The molecule has 0 amide bonds. The Morgan fingerprint density at radius 3 is 2.86 bits per heavy atom. The van der Waals surface area contributed by atoms with Gasteiger partial charge in [-0.25, -0.2) is 4.79 Å². The number of ether oxygens (including phenoxy) is 1. The van der Waals surface area contributed by atoms with Crippen molar-refractivity contribution in [2.75, 3.05) is 7.11 Å². The Labute approximate surface area is 101 Å². The summed E-state index contributed by atoms with van der Waals surface area (Å²) in [6.45, 7) is 2.04. The van der Waals surface area contributed by atoms with Crippen LogP contribution in [0.25, 0.3) is 0 Å². The van der Waals surface area contributed by atoms with Crippen molar-refractivity contribution in [3.8, 4) is 0 Å². The molecule has 0 aliphatic heterocycles. The van der Waals surface area contributed by atoms with Crippen molar-refractivity contribution < 1.29 is 9.53 Å². The van der Waals surface area contributed by atoms with Crippen LogP contribution in [0.4, 0.5) is 0 Å². The van der Waals surface area contributed by atoms with Gasteiger partial charge in [0.2, 0.25) is 0 Å². The van der Waals surface area contributed by atoms with Crippen LogP contribution in [0.2, 0.25) is 0 Å². The van der Waals surface area contributed by atoms with Crippen LogP contribution in [0, 0.1) is 5.92 Å². The average Bonchev–Trinajstić information content (AvgIpc) is 2.16. The number of carbonyl (C=O) groups is 1. The molecule has 78 valence electrons. The Morgan fingerprint density at radius 1 is 1.71 bits per heavy atom. The Kier molecular flexibility index (Phi) is 4.38. The Balaban J connectivity index is 2.93. The van der Waals surface area contributed by atoms with Crippen LogP contribution in [0.1, 0.15) is 13.3 Å². The summed E-state index contributed by atoms with van der Waals surface area (Å²) < 4.78 is 5.69. The SMILES string of the molecule is COC(=O)C1=CC(Br)=CCC1C(C)Br. The van der Waals surface area contributed by atoms with E-state index in [1.165, 1.54) is 7.11 Å². The van der Waals surface area contributed by atoms with Crippen LogP contribution >= 0.6 is 31.9 Å². The maximum Gasteiger partial charge on any atom is 0.334 e. The highest BCUT2D eigenvalue weighted by Gasteiger charge is 2.27. The van der Waals surface area contributed by atoms with Gasteiger partial charge in [-0.15, -0.1) is 0 Å². The summed E-state index contributed by atoms with van der Waals surface area (Å²) in [5.74, 6) is -0.0462. The van der Waals surface area contributed by atoms with Gasteiger partial charge in [-0.05, 0) is 12.5 Å². The van der Waals surface area contributed by atoms with Gasteiger partial charge in [0.25, 0.3) is 0 Å². The minimum Gasteiger partial charge on any atom is -0.466 e. The first-order valence-corrected chi connectivity index (χ1v) is 6.06. The largest absolute Gasteiger partial charge is 0.466 e. The van der Waals surface area contributed by atoms with Crippen LogP contribution < -0.4 is 0 Å². The number of hydrogen-bond acceptors (Lipinski definition) is 2. The molecule has 2 atom stereocenters. The lowest BCUT2D eigenvalue weighted by Gasteiger charge is -2.23. The fourth-order valence-electron chi connectivity index (χ4n) is 1.44. The van der Waals surface area contributed by atoms with Gasteiger partial charge in [-0.3, -0.25) is 0 Å². The molecule has 0 aromatic carbocycles. The fourth-order valence-corrected chi connectivity index (χ4v) is 2.38. The molecular weight excluding hydrogens is 312 g/mol. The number of allylic oxidation sites excluding steroid dienone is 3. The molecule has 0 fully saturated rings. The first-order chi connectivity index (χ1) is 6.56. The zero-order valence-electron chi connectivity index (χ0n) is 8.09. The lowest BCUT2D eigenvalue weighted by atomic mass is 9.89. The van der Waals surface area contributed by atoms with E-state index in [1.54, 1.807) is 0 Å². The molecule has 0 N–H and O–H groups in total. The highest BCUT2D eigenvalue weighted by Crippen LogP contribution is 2.32. The van der Waals surface area contributed by atoms with E-state index in [1.807, 2.05) is 13.0 Å². The lowest BCUT2D eigenvalue weighted by Crippen LogP contribution is -2.22. The minimum absolute atomic E-state index is 0.198. The molecule has 0 saturated heterocycles. The zero-order valence-corrected chi connectivity index (χ0v) is 11.3. The van der Waals surface area contributed by atoms with Gasteiger partial charge in [0.15, 0.2) is 0 Å². The van der Waals surface area contributed by atoms with Gasteiger partial charge in [-0.1, -0.05) is 44.9 Å². The highest BCUT2D eigenvalue weighted by atomic mass is 79.9. The second-order valence-electron chi connectivity index (χ2n) is 3.20. The van der Waals surface area contributed by atoms with E-state index >= 15 is 0 Å². The molecule has 4 heteroatoms. The molecule has 1 aliphatic rings. The van der Waals surface area contributed by atoms with Crippen LogP contribution in [0.15, 0.2) is 22.2 Å². The number of halogens is 2. The van der Waals surface area contributed by atoms with Crippen LogP contribution in [-0.2, 0) is 9.53 Å². The molecule has 0 radical (unpaired) electrons. The maximum atomic E-state index is 11.5. The average molecular weight is 324 g/mol. The normalized spacial score (nSPS) is 23.6. The van der Waals surface area contributed by atoms with E-state index in [-0.39, 0.29) is 16.7 Å². The third-order valence-corrected chi connectivity index (χ3v) is 3.43. The van der Waals surface area contributed by atoms with Crippen molar-refractivity contribution in [3.63, 3.8) is 0 Å². The quantitative estimate of drug-likeness (QED) is 0.576. The van der Waals surface area contributed by atoms with Crippen LogP contribution in [0.5, 0.6) is 0 Å². The van der Waals surface area contributed by atoms with E-state index in [0.29, 0.717) is 0 Å². The van der Waals surface area contributed by atoms with E-state index in [4.69, 9.17) is 4.74 Å². The predicted octanol–water partition coefficient (Wildman–Crippen LogP) is 3.17. The molecule has 0 aromatic heterocycles. The van der Waals surface area contributed by atoms with Gasteiger partial charge in [0.05, 0.1) is 7.11 Å². The molecule has 0 heterocycles. The summed E-state index contributed by atoms with van der Waals surface area (Å²) in [4.78, 5) is 11.7. The second kappa shape index (κ2) is 5.12. The fraction of sp³-hybridized carbons (Fsp3) is 0.500. The summed E-state index contributed by atoms with van der Waals surface area (Å²) in [6, 6.07) is 0.